The quantitative estimate of drug-likeness (QED) is 0.526. The minimum Gasteiger partial charge on any atom is -0.453 e. The van der Waals surface area contributed by atoms with E-state index < -0.39 is 23.6 Å². The second-order valence-electron chi connectivity index (χ2n) is 2.83. The molecule has 0 aromatic heterocycles. The molecule has 3 rings (SSSR count). The van der Waals surface area contributed by atoms with Crippen LogP contribution in [0.15, 0.2) is 51.5 Å². The van der Waals surface area contributed by atoms with Crippen molar-refractivity contribution < 1.29 is 12.6 Å². The summed E-state index contributed by atoms with van der Waals surface area (Å²) in [5, 5.41) is 0. The molecule has 0 spiro atoms. The molecule has 3 heteroatoms. The smallest absolute Gasteiger partial charge is 0.182 e. The predicted octanol–water partition coefficient (Wildman–Crippen LogP) is 2.29. The molecule has 1 aromatic carbocycles. The van der Waals surface area contributed by atoms with Crippen LogP contribution >= 0.6 is 0 Å². The van der Waals surface area contributed by atoms with E-state index in [-0.39, 0.29) is 40.7 Å². The fourth-order valence-corrected chi connectivity index (χ4v) is 1.22. The highest BCUT2D eigenvalue weighted by molar-refractivity contribution is 5.75. The average molecular weight is 203 g/mol. The van der Waals surface area contributed by atoms with Gasteiger partial charge in [-0.2, -0.15) is 0 Å². The molecule has 0 atom stereocenters. The molecular formula is C12H7NO2. The van der Waals surface area contributed by atoms with Crippen LogP contribution in [0.25, 0.3) is 22.6 Å². The van der Waals surface area contributed by atoms with Gasteiger partial charge in [0.1, 0.15) is 11.2 Å². The number of hydrogen-bond donors (Lipinski definition) is 0. The summed E-state index contributed by atoms with van der Waals surface area (Å²) in [6.45, 7) is 0. The fraction of sp³-hybridized carbons (Fsp3) is 0. The van der Waals surface area contributed by atoms with Crippen LogP contribution in [0.4, 0.5) is 0 Å². The number of aromatic nitrogens is 1. The molecule has 15 heavy (non-hydrogen) atoms. The van der Waals surface area contributed by atoms with Crippen LogP contribution in [-0.4, -0.2) is 4.98 Å². The zero-order chi connectivity index (χ0) is 15.5. The van der Waals surface area contributed by atoms with E-state index in [0.717, 1.165) is 6.07 Å². The van der Waals surface area contributed by atoms with Crippen molar-refractivity contribution in [1.29, 1.82) is 0 Å². The highest BCUT2D eigenvalue weighted by Gasteiger charge is 2.07. The Bertz CT molecular complexity index is 936. The number of hydrogen-bond acceptors (Lipinski definition) is 3. The lowest BCUT2D eigenvalue weighted by Crippen LogP contribution is -1.99. The van der Waals surface area contributed by atoms with Gasteiger partial charge in [-0.1, -0.05) is 12.1 Å². The van der Waals surface area contributed by atoms with Crippen LogP contribution in [0, 0.1) is 0 Å². The normalized spacial score (nSPS) is 16.5. The van der Waals surface area contributed by atoms with Gasteiger partial charge in [-0.25, -0.2) is 4.98 Å². The van der Waals surface area contributed by atoms with Crippen molar-refractivity contribution in [3.63, 3.8) is 0 Å². The van der Waals surface area contributed by atoms with Crippen molar-refractivity contribution >= 4 is 11.1 Å². The SMILES string of the molecule is [2H]c1cc([2H])c2nc3c([2H])c([2H])c(=O)c([2H])c-3oc2c1[2H]. The lowest BCUT2D eigenvalue weighted by atomic mass is 10.2. The van der Waals surface area contributed by atoms with Crippen molar-refractivity contribution in [2.45, 2.75) is 0 Å². The van der Waals surface area contributed by atoms with Crippen molar-refractivity contribution in [3.05, 3.63) is 52.5 Å². The maximum Gasteiger partial charge on any atom is 0.182 e. The van der Waals surface area contributed by atoms with E-state index >= 15 is 0 Å². The Morgan fingerprint density at radius 3 is 3.13 bits per heavy atom. The van der Waals surface area contributed by atoms with Gasteiger partial charge in [0.15, 0.2) is 16.8 Å². The van der Waals surface area contributed by atoms with Gasteiger partial charge in [-0.3, -0.25) is 4.79 Å². The Morgan fingerprint density at radius 2 is 2.20 bits per heavy atom. The van der Waals surface area contributed by atoms with Crippen molar-refractivity contribution in [1.82, 2.24) is 4.98 Å². The van der Waals surface area contributed by atoms with Crippen LogP contribution in [0.1, 0.15) is 8.22 Å². The molecule has 0 N–H and O–H groups in total. The first-order valence-corrected chi connectivity index (χ1v) is 4.14. The van der Waals surface area contributed by atoms with Gasteiger partial charge in [0.05, 0.1) is 8.22 Å². The van der Waals surface area contributed by atoms with E-state index in [0.29, 0.717) is 0 Å². The van der Waals surface area contributed by atoms with Crippen LogP contribution < -0.4 is 5.43 Å². The Balaban J connectivity index is 2.63. The second-order valence-corrected chi connectivity index (χ2v) is 2.83. The molecule has 0 saturated carbocycles. The van der Waals surface area contributed by atoms with Crippen molar-refractivity contribution in [3.8, 4) is 11.5 Å². The number of fused-ring (bicyclic) bond motifs is 2. The summed E-state index contributed by atoms with van der Waals surface area (Å²) in [7, 11) is 0. The third kappa shape index (κ3) is 1.29. The van der Waals surface area contributed by atoms with Gasteiger partial charge < -0.3 is 4.42 Å². The maximum absolute atomic E-state index is 11.7. The highest BCUT2D eigenvalue weighted by Crippen LogP contribution is 2.22. The molecule has 0 unspecified atom stereocenters. The molecule has 0 bridgehead atoms. The minimum atomic E-state index is -0.961. The van der Waals surface area contributed by atoms with Gasteiger partial charge in [0.2, 0.25) is 0 Å². The topological polar surface area (TPSA) is 43.1 Å². The minimum absolute atomic E-state index is 0.0468. The van der Waals surface area contributed by atoms with Crippen molar-refractivity contribution in [2.24, 2.45) is 0 Å². The molecule has 0 saturated heterocycles. The summed E-state index contributed by atoms with van der Waals surface area (Å²) < 4.78 is 51.3. The first-order chi connectivity index (χ1) is 9.82. The third-order valence-electron chi connectivity index (χ3n) is 1.85. The fourth-order valence-electron chi connectivity index (χ4n) is 1.22. The van der Waals surface area contributed by atoms with Gasteiger partial charge in [0, 0.05) is 6.04 Å². The molecule has 2 aliphatic rings. The lowest BCUT2D eigenvalue weighted by molar-refractivity contribution is 0.612. The first kappa shape index (κ1) is 4.14. The molecule has 1 aliphatic carbocycles. The molecule has 0 radical (unpaired) electrons. The third-order valence-corrected chi connectivity index (χ3v) is 1.85. The second kappa shape index (κ2) is 2.92. The van der Waals surface area contributed by atoms with Crippen LogP contribution in [0.5, 0.6) is 0 Å². The molecule has 72 valence electrons. The Kier molecular flexibility index (Phi) is 0.806. The summed E-state index contributed by atoms with van der Waals surface area (Å²) in [5.74, 6) is -0.313. The molecule has 3 nitrogen and oxygen atoms in total. The predicted molar refractivity (Wildman–Crippen MR) is 56.9 cm³/mol. The number of para-hydroxylation sites is 2. The first-order valence-electron chi connectivity index (χ1n) is 7.14. The van der Waals surface area contributed by atoms with E-state index in [1.165, 1.54) is 0 Å². The molecule has 1 aliphatic heterocycles. The van der Waals surface area contributed by atoms with Gasteiger partial charge >= 0.3 is 0 Å². The van der Waals surface area contributed by atoms with E-state index in [1.807, 2.05) is 0 Å². The number of benzene rings is 2. The van der Waals surface area contributed by atoms with Crippen LogP contribution in [-0.2, 0) is 0 Å². The van der Waals surface area contributed by atoms with Crippen molar-refractivity contribution in [2.75, 3.05) is 0 Å². The standard InChI is InChI=1S/C12H7NO2/c14-8-5-6-10-12(7-8)15-11-4-2-1-3-9(11)13-10/h1-7H/i2D,3D,4D,5D,6D,7D. The van der Waals surface area contributed by atoms with Gasteiger partial charge in [0.25, 0.3) is 0 Å². The van der Waals surface area contributed by atoms with E-state index in [4.69, 9.17) is 12.6 Å². The largest absolute Gasteiger partial charge is 0.453 e. The van der Waals surface area contributed by atoms with Gasteiger partial charge in [-0.05, 0) is 24.2 Å². The Morgan fingerprint density at radius 1 is 1.27 bits per heavy atom. The summed E-state index contributed by atoms with van der Waals surface area (Å²) >= 11 is 0. The summed E-state index contributed by atoms with van der Waals surface area (Å²) in [5.41, 5.74) is -1.38. The van der Waals surface area contributed by atoms with Crippen LogP contribution in [0.3, 0.4) is 0 Å². The number of nitrogens with zero attached hydrogens (tertiary/aromatic N) is 1. The summed E-state index contributed by atoms with van der Waals surface area (Å²) in [4.78, 5) is 15.6. The molecular weight excluding hydrogens is 190 g/mol. The monoisotopic (exact) mass is 203 g/mol. The maximum atomic E-state index is 11.7. The average Bonchev–Trinajstić information content (AvgIpc) is 2.47. The molecule has 0 fully saturated rings. The zero-order valence-electron chi connectivity index (χ0n) is 13.3. The number of rotatable bonds is 0. The highest BCUT2D eigenvalue weighted by atomic mass is 16.3. The zero-order valence-corrected chi connectivity index (χ0v) is 7.34. The van der Waals surface area contributed by atoms with E-state index in [1.54, 1.807) is 0 Å². The molecule has 1 heterocycles. The summed E-state index contributed by atoms with van der Waals surface area (Å²) in [6, 6.07) is -1.38. The van der Waals surface area contributed by atoms with E-state index in [9.17, 15) is 4.79 Å². The van der Waals surface area contributed by atoms with Gasteiger partial charge in [-0.15, -0.1) is 0 Å². The Hall–Kier alpha value is -2.16. The molecule has 0 amide bonds. The molecule has 1 aromatic rings. The summed E-state index contributed by atoms with van der Waals surface area (Å²) in [6.07, 6.45) is 0. The van der Waals surface area contributed by atoms with Crippen LogP contribution in [0.2, 0.25) is 0 Å². The lowest BCUT2D eigenvalue weighted by Gasteiger charge is -2.04. The Labute approximate surface area is 93.8 Å². The van der Waals surface area contributed by atoms with E-state index in [2.05, 4.69) is 4.98 Å².